The Morgan fingerprint density at radius 2 is 2.15 bits per heavy atom. The van der Waals surface area contributed by atoms with E-state index in [1.165, 1.54) is 29.6 Å². The van der Waals surface area contributed by atoms with Crippen molar-refractivity contribution in [3.8, 4) is 0 Å². The highest BCUT2D eigenvalue weighted by molar-refractivity contribution is 7.99. The largest absolute Gasteiger partial charge is 0.287 e. The van der Waals surface area contributed by atoms with Crippen LogP contribution in [0, 0.1) is 17.0 Å². The van der Waals surface area contributed by atoms with Crippen LogP contribution in [-0.2, 0) is 12.8 Å². The number of hydrogen-bond donors (Lipinski definition) is 0. The number of aryl methyl sites for hydroxylation is 2. The van der Waals surface area contributed by atoms with E-state index in [1.807, 2.05) is 6.92 Å². The predicted octanol–water partition coefficient (Wildman–Crippen LogP) is 2.73. The van der Waals surface area contributed by atoms with Gasteiger partial charge in [0.1, 0.15) is 11.2 Å². The zero-order valence-corrected chi connectivity index (χ0v) is 11.7. The van der Waals surface area contributed by atoms with E-state index in [4.69, 9.17) is 0 Å². The molecule has 0 bridgehead atoms. The van der Waals surface area contributed by atoms with Crippen LogP contribution in [0.5, 0.6) is 0 Å². The molecule has 6 nitrogen and oxygen atoms in total. The molecule has 20 heavy (non-hydrogen) atoms. The molecule has 7 heteroatoms. The normalized spacial score (nSPS) is 13.2. The molecule has 2 aromatic heterocycles. The van der Waals surface area contributed by atoms with Crippen molar-refractivity contribution in [3.63, 3.8) is 0 Å². The molecule has 0 amide bonds. The summed E-state index contributed by atoms with van der Waals surface area (Å²) >= 11 is 1.33. The number of fused-ring (bicyclic) bond motifs is 1. The molecule has 0 saturated heterocycles. The molecule has 102 valence electrons. The molecule has 0 fully saturated rings. The highest BCUT2D eigenvalue weighted by Crippen LogP contribution is 2.28. The molecule has 2 heterocycles. The van der Waals surface area contributed by atoms with Gasteiger partial charge in [0.2, 0.25) is 0 Å². The highest BCUT2D eigenvalue weighted by Gasteiger charge is 2.17. The lowest BCUT2D eigenvalue weighted by molar-refractivity contribution is -0.385. The van der Waals surface area contributed by atoms with E-state index in [0.29, 0.717) is 10.2 Å². The smallest absolute Gasteiger partial charge is 0.258 e. The Kier molecular flexibility index (Phi) is 3.35. The molecule has 0 atom stereocenters. The molecule has 0 aromatic carbocycles. The van der Waals surface area contributed by atoms with Crippen molar-refractivity contribution in [1.82, 2.24) is 15.0 Å². The van der Waals surface area contributed by atoms with Crippen LogP contribution in [0.3, 0.4) is 0 Å². The topological polar surface area (TPSA) is 81.8 Å². The predicted molar refractivity (Wildman–Crippen MR) is 73.8 cm³/mol. The lowest BCUT2D eigenvalue weighted by Crippen LogP contribution is -1.99. The summed E-state index contributed by atoms with van der Waals surface area (Å²) in [5.74, 6) is 0. The van der Waals surface area contributed by atoms with E-state index in [1.54, 1.807) is 6.07 Å². The number of aromatic nitrogens is 3. The van der Waals surface area contributed by atoms with Gasteiger partial charge in [-0.3, -0.25) is 10.1 Å². The number of rotatable bonds is 3. The fourth-order valence-electron chi connectivity index (χ4n) is 2.27. The van der Waals surface area contributed by atoms with Gasteiger partial charge in [-0.15, -0.1) is 0 Å². The minimum Gasteiger partial charge on any atom is -0.258 e. The van der Waals surface area contributed by atoms with Crippen molar-refractivity contribution in [2.24, 2.45) is 0 Å². The highest BCUT2D eigenvalue weighted by atomic mass is 32.2. The Bertz CT molecular complexity index is 673. The Hall–Kier alpha value is -2.02. The van der Waals surface area contributed by atoms with Crippen LogP contribution in [0.15, 0.2) is 28.5 Å². The molecule has 0 unspecified atom stereocenters. The van der Waals surface area contributed by atoms with Gasteiger partial charge in [-0.1, -0.05) is 0 Å². The van der Waals surface area contributed by atoms with Crippen LogP contribution in [0.25, 0.3) is 0 Å². The van der Waals surface area contributed by atoms with E-state index in [0.717, 1.165) is 30.7 Å². The first-order chi connectivity index (χ1) is 9.63. The van der Waals surface area contributed by atoms with Gasteiger partial charge in [-0.2, -0.15) is 0 Å². The first-order valence-corrected chi connectivity index (χ1v) is 7.10. The third-order valence-electron chi connectivity index (χ3n) is 3.25. The molecule has 2 aromatic rings. The lowest BCUT2D eigenvalue weighted by atomic mass is 10.2. The van der Waals surface area contributed by atoms with Gasteiger partial charge in [-0.05, 0) is 49.6 Å². The van der Waals surface area contributed by atoms with Crippen molar-refractivity contribution in [1.29, 1.82) is 0 Å². The summed E-state index contributed by atoms with van der Waals surface area (Å²) in [5, 5.41) is 11.9. The fraction of sp³-hybridized carbons (Fsp3) is 0.308. The van der Waals surface area contributed by atoms with Crippen LogP contribution < -0.4 is 0 Å². The average molecular weight is 288 g/mol. The van der Waals surface area contributed by atoms with Gasteiger partial charge in [0.05, 0.1) is 4.92 Å². The van der Waals surface area contributed by atoms with Gasteiger partial charge in [0.15, 0.2) is 5.16 Å². The van der Waals surface area contributed by atoms with Crippen molar-refractivity contribution in [2.75, 3.05) is 0 Å². The molecule has 0 radical (unpaired) electrons. The Morgan fingerprint density at radius 3 is 2.85 bits per heavy atom. The summed E-state index contributed by atoms with van der Waals surface area (Å²) in [5.41, 5.74) is 3.41. The van der Waals surface area contributed by atoms with E-state index < -0.39 is 4.92 Å². The van der Waals surface area contributed by atoms with E-state index in [9.17, 15) is 10.1 Å². The second-order valence-corrected chi connectivity index (χ2v) is 5.57. The maximum atomic E-state index is 10.6. The number of nitrogens with zero attached hydrogens (tertiary/aromatic N) is 4. The SMILES string of the molecule is Cc1nc(Sc2ccc([N+](=O)[O-])cn2)nc2c1CCC2. The van der Waals surface area contributed by atoms with Gasteiger partial charge in [0.25, 0.3) is 5.69 Å². The van der Waals surface area contributed by atoms with Crippen molar-refractivity contribution < 1.29 is 4.92 Å². The van der Waals surface area contributed by atoms with Crippen LogP contribution in [0.2, 0.25) is 0 Å². The quantitative estimate of drug-likeness (QED) is 0.490. The number of nitro groups is 1. The Morgan fingerprint density at radius 1 is 1.30 bits per heavy atom. The standard InChI is InChI=1S/C13H12N4O2S/c1-8-10-3-2-4-11(10)16-13(15-8)20-12-6-5-9(7-14-12)17(18)19/h5-7H,2-4H2,1H3. The first kappa shape index (κ1) is 13.0. The van der Waals surface area contributed by atoms with E-state index in [-0.39, 0.29) is 5.69 Å². The fourth-order valence-corrected chi connectivity index (χ4v) is 3.04. The first-order valence-electron chi connectivity index (χ1n) is 6.28. The van der Waals surface area contributed by atoms with Gasteiger partial charge >= 0.3 is 0 Å². The number of pyridine rings is 1. The molecular weight excluding hydrogens is 276 g/mol. The molecular formula is C13H12N4O2S. The third kappa shape index (κ3) is 2.49. The summed E-state index contributed by atoms with van der Waals surface area (Å²) in [4.78, 5) is 23.2. The lowest BCUT2D eigenvalue weighted by Gasteiger charge is -2.05. The molecule has 0 N–H and O–H groups in total. The molecule has 0 spiro atoms. The van der Waals surface area contributed by atoms with Crippen molar-refractivity contribution in [2.45, 2.75) is 36.4 Å². The monoisotopic (exact) mass is 288 g/mol. The molecule has 1 aliphatic rings. The summed E-state index contributed by atoms with van der Waals surface area (Å²) in [7, 11) is 0. The molecule has 0 aliphatic heterocycles. The maximum absolute atomic E-state index is 10.6. The molecule has 3 rings (SSSR count). The minimum atomic E-state index is -0.461. The zero-order chi connectivity index (χ0) is 14.1. The minimum absolute atomic E-state index is 0.0135. The van der Waals surface area contributed by atoms with Gasteiger partial charge < -0.3 is 0 Å². The van der Waals surface area contributed by atoms with E-state index >= 15 is 0 Å². The number of hydrogen-bond acceptors (Lipinski definition) is 6. The van der Waals surface area contributed by atoms with Gasteiger partial charge in [-0.25, -0.2) is 15.0 Å². The maximum Gasteiger partial charge on any atom is 0.287 e. The van der Waals surface area contributed by atoms with Crippen molar-refractivity contribution >= 4 is 17.4 Å². The van der Waals surface area contributed by atoms with Gasteiger partial charge in [0, 0.05) is 17.5 Å². The molecule has 1 aliphatic carbocycles. The zero-order valence-electron chi connectivity index (χ0n) is 10.9. The summed E-state index contributed by atoms with van der Waals surface area (Å²) < 4.78 is 0. The summed E-state index contributed by atoms with van der Waals surface area (Å²) in [6.45, 7) is 2.00. The summed E-state index contributed by atoms with van der Waals surface area (Å²) in [6.07, 6.45) is 4.44. The van der Waals surface area contributed by atoms with Crippen LogP contribution in [-0.4, -0.2) is 19.9 Å². The van der Waals surface area contributed by atoms with Crippen molar-refractivity contribution in [3.05, 3.63) is 45.4 Å². The summed E-state index contributed by atoms with van der Waals surface area (Å²) in [6, 6.07) is 3.06. The van der Waals surface area contributed by atoms with E-state index in [2.05, 4.69) is 15.0 Å². The molecule has 0 saturated carbocycles. The second kappa shape index (κ2) is 5.16. The second-order valence-electron chi connectivity index (χ2n) is 4.58. The van der Waals surface area contributed by atoms with Crippen LogP contribution in [0.1, 0.15) is 23.4 Å². The Balaban J connectivity index is 1.84. The Labute approximate surface area is 119 Å². The van der Waals surface area contributed by atoms with Crippen LogP contribution >= 0.6 is 11.8 Å². The third-order valence-corrected chi connectivity index (χ3v) is 4.06. The average Bonchev–Trinajstić information content (AvgIpc) is 2.88. The van der Waals surface area contributed by atoms with Crippen LogP contribution in [0.4, 0.5) is 5.69 Å².